The number of nitrogens with two attached hydrogens (primary N) is 3. The van der Waals surface area contributed by atoms with Gasteiger partial charge in [0.15, 0.2) is 5.69 Å². The van der Waals surface area contributed by atoms with Gasteiger partial charge in [-0.3, -0.25) is 14.4 Å². The SMILES string of the molecule is NC(=O)Cn1cc(C(=O)N2CC3CCCC(C2)N(C(=O)c2cccc(N)c2N)C3)nn1. The molecule has 2 aliphatic heterocycles. The fourth-order valence-corrected chi connectivity index (χ4v) is 4.43. The van der Waals surface area contributed by atoms with Gasteiger partial charge in [-0.15, -0.1) is 5.10 Å². The lowest BCUT2D eigenvalue weighted by atomic mass is 9.99. The van der Waals surface area contributed by atoms with Gasteiger partial charge in [0.25, 0.3) is 11.8 Å². The molecule has 1 aromatic heterocycles. The molecule has 2 unspecified atom stereocenters. The van der Waals surface area contributed by atoms with E-state index in [1.165, 1.54) is 10.9 Å². The van der Waals surface area contributed by atoms with Crippen LogP contribution in [0.1, 0.15) is 40.1 Å². The van der Waals surface area contributed by atoms with Crippen LogP contribution in [0.2, 0.25) is 0 Å². The Morgan fingerprint density at radius 2 is 1.87 bits per heavy atom. The molecule has 0 radical (unpaired) electrons. The van der Waals surface area contributed by atoms with E-state index in [2.05, 4.69) is 10.3 Å². The molecule has 4 rings (SSSR count). The summed E-state index contributed by atoms with van der Waals surface area (Å²) in [5.74, 6) is -0.861. The minimum atomic E-state index is -0.567. The highest BCUT2D eigenvalue weighted by Crippen LogP contribution is 2.30. The number of nitrogen functional groups attached to an aromatic ring is 2. The minimum absolute atomic E-state index is 0.134. The van der Waals surface area contributed by atoms with Crippen molar-refractivity contribution in [3.8, 4) is 0 Å². The fourth-order valence-electron chi connectivity index (χ4n) is 4.43. The van der Waals surface area contributed by atoms with Crippen LogP contribution in [0, 0.1) is 5.92 Å². The summed E-state index contributed by atoms with van der Waals surface area (Å²) in [5.41, 5.74) is 18.3. The number of benzene rings is 1. The molecular weight excluding hydrogens is 400 g/mol. The maximum atomic E-state index is 13.3. The van der Waals surface area contributed by atoms with Crippen LogP contribution in [0.5, 0.6) is 0 Å². The number of hydrogen-bond acceptors (Lipinski definition) is 7. The van der Waals surface area contributed by atoms with Crippen molar-refractivity contribution < 1.29 is 14.4 Å². The molecule has 11 heteroatoms. The van der Waals surface area contributed by atoms with Gasteiger partial charge >= 0.3 is 0 Å². The van der Waals surface area contributed by atoms with Crippen molar-refractivity contribution in [2.45, 2.75) is 31.8 Å². The number of hydrogen-bond donors (Lipinski definition) is 3. The summed E-state index contributed by atoms with van der Waals surface area (Å²) in [6, 6.07) is 4.93. The predicted molar refractivity (Wildman–Crippen MR) is 113 cm³/mol. The van der Waals surface area contributed by atoms with Gasteiger partial charge in [0, 0.05) is 25.7 Å². The highest BCUT2D eigenvalue weighted by molar-refractivity contribution is 6.01. The van der Waals surface area contributed by atoms with Gasteiger partial charge in [0.05, 0.1) is 23.1 Å². The average Bonchev–Trinajstić information content (AvgIpc) is 2.97. The molecule has 3 heterocycles. The fraction of sp³-hybridized carbons (Fsp3) is 0.450. The number of carbonyl (C=O) groups excluding carboxylic acids is 3. The number of carbonyl (C=O) groups is 3. The van der Waals surface area contributed by atoms with Crippen molar-refractivity contribution in [2.24, 2.45) is 11.7 Å². The summed E-state index contributed by atoms with van der Waals surface area (Å²) < 4.78 is 1.24. The molecule has 0 saturated carbocycles. The molecule has 1 aromatic carbocycles. The van der Waals surface area contributed by atoms with E-state index in [-0.39, 0.29) is 41.7 Å². The molecule has 2 saturated heterocycles. The molecule has 11 nitrogen and oxygen atoms in total. The number of nitrogens with zero attached hydrogens (tertiary/aromatic N) is 5. The predicted octanol–water partition coefficient (Wildman–Crippen LogP) is -0.305. The first-order valence-electron chi connectivity index (χ1n) is 10.3. The quantitative estimate of drug-likeness (QED) is 0.564. The monoisotopic (exact) mass is 426 g/mol. The van der Waals surface area contributed by atoms with E-state index in [4.69, 9.17) is 17.2 Å². The van der Waals surface area contributed by atoms with E-state index in [0.29, 0.717) is 30.9 Å². The second kappa shape index (κ2) is 8.25. The molecule has 0 aliphatic carbocycles. The summed E-state index contributed by atoms with van der Waals surface area (Å²) in [4.78, 5) is 41.1. The molecule has 2 aliphatic rings. The molecule has 2 fully saturated rings. The zero-order chi connectivity index (χ0) is 22.1. The molecule has 2 bridgehead atoms. The van der Waals surface area contributed by atoms with Crippen molar-refractivity contribution in [2.75, 3.05) is 31.1 Å². The van der Waals surface area contributed by atoms with Crippen LogP contribution >= 0.6 is 0 Å². The van der Waals surface area contributed by atoms with Gasteiger partial charge in [-0.2, -0.15) is 0 Å². The van der Waals surface area contributed by atoms with E-state index >= 15 is 0 Å². The third-order valence-corrected chi connectivity index (χ3v) is 5.95. The summed E-state index contributed by atoms with van der Waals surface area (Å²) in [7, 11) is 0. The van der Waals surface area contributed by atoms with E-state index in [1.54, 1.807) is 23.1 Å². The largest absolute Gasteiger partial charge is 0.397 e. The van der Waals surface area contributed by atoms with Crippen molar-refractivity contribution in [1.29, 1.82) is 0 Å². The average molecular weight is 426 g/mol. The first-order valence-corrected chi connectivity index (χ1v) is 10.3. The highest BCUT2D eigenvalue weighted by atomic mass is 16.2. The van der Waals surface area contributed by atoms with Crippen molar-refractivity contribution in [3.63, 3.8) is 0 Å². The Morgan fingerprint density at radius 1 is 1.06 bits per heavy atom. The normalized spacial score (nSPS) is 20.9. The van der Waals surface area contributed by atoms with E-state index in [9.17, 15) is 14.4 Å². The summed E-state index contributed by atoms with van der Waals surface area (Å²) >= 11 is 0. The van der Waals surface area contributed by atoms with Crippen LogP contribution in [-0.2, 0) is 11.3 Å². The zero-order valence-corrected chi connectivity index (χ0v) is 17.1. The lowest BCUT2D eigenvalue weighted by molar-refractivity contribution is -0.118. The summed E-state index contributed by atoms with van der Waals surface area (Å²) in [5, 5.41) is 7.69. The van der Waals surface area contributed by atoms with Gasteiger partial charge in [-0.05, 0) is 30.9 Å². The number of rotatable bonds is 4. The Balaban J connectivity index is 1.56. The molecular formula is C20H26N8O3. The Hall–Kier alpha value is -3.63. The lowest BCUT2D eigenvalue weighted by Crippen LogP contribution is -2.45. The molecule has 31 heavy (non-hydrogen) atoms. The number of likely N-dealkylation sites (tertiary alicyclic amines) is 1. The van der Waals surface area contributed by atoms with Crippen LogP contribution in [0.15, 0.2) is 24.4 Å². The van der Waals surface area contributed by atoms with Crippen LogP contribution in [0.25, 0.3) is 0 Å². The van der Waals surface area contributed by atoms with Crippen LogP contribution in [-0.4, -0.2) is 68.2 Å². The van der Waals surface area contributed by atoms with Gasteiger partial charge in [-0.25, -0.2) is 4.68 Å². The number of para-hydroxylation sites is 1. The number of anilines is 2. The topological polar surface area (TPSA) is 166 Å². The van der Waals surface area contributed by atoms with Gasteiger partial charge in [-0.1, -0.05) is 17.7 Å². The highest BCUT2D eigenvalue weighted by Gasteiger charge is 2.38. The second-order valence-corrected chi connectivity index (χ2v) is 8.19. The summed E-state index contributed by atoms with van der Waals surface area (Å²) in [6.45, 7) is 1.32. The number of aromatic nitrogens is 3. The van der Waals surface area contributed by atoms with E-state index < -0.39 is 5.91 Å². The van der Waals surface area contributed by atoms with E-state index in [1.807, 2.05) is 4.90 Å². The first kappa shape index (κ1) is 20.6. The zero-order valence-electron chi connectivity index (χ0n) is 17.1. The molecule has 0 spiro atoms. The number of primary amides is 1. The van der Waals surface area contributed by atoms with Gasteiger partial charge in [0.1, 0.15) is 6.54 Å². The standard InChI is InChI=1S/C20H26N8O3/c21-15-6-2-5-14(18(15)23)19(30)28-8-12-3-1-4-13(28)9-26(7-12)20(31)16-10-27(25-24-16)11-17(22)29/h2,5-6,10,12-13H,1,3-4,7-9,11,21,23H2,(H2,22,29). The third kappa shape index (κ3) is 4.16. The second-order valence-electron chi connectivity index (χ2n) is 8.19. The molecule has 3 amide bonds. The Morgan fingerprint density at radius 3 is 2.65 bits per heavy atom. The Kier molecular flexibility index (Phi) is 5.49. The molecule has 164 valence electrons. The van der Waals surface area contributed by atoms with Crippen LogP contribution in [0.3, 0.4) is 0 Å². The number of fused-ring (bicyclic) bond motifs is 3. The van der Waals surface area contributed by atoms with Crippen molar-refractivity contribution >= 4 is 29.1 Å². The first-order chi connectivity index (χ1) is 14.8. The smallest absolute Gasteiger partial charge is 0.276 e. The maximum absolute atomic E-state index is 13.3. The Bertz CT molecular complexity index is 1020. The number of amides is 3. The minimum Gasteiger partial charge on any atom is -0.397 e. The van der Waals surface area contributed by atoms with Crippen LogP contribution in [0.4, 0.5) is 11.4 Å². The van der Waals surface area contributed by atoms with Crippen molar-refractivity contribution in [3.05, 3.63) is 35.7 Å². The third-order valence-electron chi connectivity index (χ3n) is 5.95. The lowest BCUT2D eigenvalue weighted by Gasteiger charge is -2.31. The van der Waals surface area contributed by atoms with E-state index in [0.717, 1.165) is 19.3 Å². The maximum Gasteiger partial charge on any atom is 0.276 e. The summed E-state index contributed by atoms with van der Waals surface area (Å²) in [6.07, 6.45) is 4.12. The molecule has 2 atom stereocenters. The van der Waals surface area contributed by atoms with Crippen LogP contribution < -0.4 is 17.2 Å². The van der Waals surface area contributed by atoms with Gasteiger partial charge < -0.3 is 27.0 Å². The molecule has 6 N–H and O–H groups in total. The molecule has 2 aromatic rings. The van der Waals surface area contributed by atoms with Gasteiger partial charge in [0.2, 0.25) is 5.91 Å². The Labute approximate surface area is 179 Å². The van der Waals surface area contributed by atoms with Crippen molar-refractivity contribution in [1.82, 2.24) is 24.8 Å².